The lowest BCUT2D eigenvalue weighted by Crippen LogP contribution is -2.14. The molecule has 2 amide bonds. The monoisotopic (exact) mass is 352 g/mol. The molecule has 6 nitrogen and oxygen atoms in total. The smallest absolute Gasteiger partial charge is 0.269 e. The van der Waals surface area contributed by atoms with E-state index in [-0.39, 0.29) is 11.6 Å². The zero-order chi connectivity index (χ0) is 17.6. The Bertz CT molecular complexity index is 876. The molecule has 3 N–H and O–H groups in total. The summed E-state index contributed by atoms with van der Waals surface area (Å²) in [6.07, 6.45) is 1.66. The highest BCUT2D eigenvalue weighted by Crippen LogP contribution is 2.18. The van der Waals surface area contributed by atoms with E-state index >= 15 is 0 Å². The molecule has 1 aromatic heterocycles. The van der Waals surface area contributed by atoms with Crippen molar-refractivity contribution in [3.8, 4) is 5.69 Å². The first-order valence-corrected chi connectivity index (χ1v) is 8.54. The summed E-state index contributed by atoms with van der Waals surface area (Å²) in [6.45, 7) is 0. The van der Waals surface area contributed by atoms with Crippen molar-refractivity contribution in [3.63, 3.8) is 0 Å². The van der Waals surface area contributed by atoms with Crippen LogP contribution in [0.1, 0.15) is 10.5 Å². The first-order chi connectivity index (χ1) is 12.1. The number of carbonyl (C=O) groups excluding carboxylic acids is 2. The average Bonchev–Trinajstić information content (AvgIpc) is 3.12. The number of aromatic nitrogens is 2. The number of carbonyl (C=O) groups is 2. The minimum atomic E-state index is -0.571. The highest BCUT2D eigenvalue weighted by atomic mass is 32.2. The lowest BCUT2D eigenvalue weighted by atomic mass is 10.3. The third-order valence-electron chi connectivity index (χ3n) is 3.37. The molecule has 0 fully saturated rings. The second-order valence-electron chi connectivity index (χ2n) is 5.21. The summed E-state index contributed by atoms with van der Waals surface area (Å²) in [7, 11) is 0. The van der Waals surface area contributed by atoms with Gasteiger partial charge in [0.15, 0.2) is 0 Å². The van der Waals surface area contributed by atoms with E-state index in [1.54, 1.807) is 41.2 Å². The highest BCUT2D eigenvalue weighted by molar-refractivity contribution is 8.00. The van der Waals surface area contributed by atoms with Crippen LogP contribution in [0.5, 0.6) is 0 Å². The van der Waals surface area contributed by atoms with Crippen LogP contribution in [0.15, 0.2) is 71.8 Å². The van der Waals surface area contributed by atoms with Crippen molar-refractivity contribution in [2.24, 2.45) is 5.73 Å². The third kappa shape index (κ3) is 4.48. The summed E-state index contributed by atoms with van der Waals surface area (Å²) in [6, 6.07) is 18.5. The number of rotatable bonds is 6. The Hall–Kier alpha value is -3.06. The fourth-order valence-corrected chi connectivity index (χ4v) is 2.88. The van der Waals surface area contributed by atoms with E-state index in [9.17, 15) is 9.59 Å². The molecule has 3 aromatic rings. The number of amides is 2. The van der Waals surface area contributed by atoms with Gasteiger partial charge in [0.25, 0.3) is 5.91 Å². The van der Waals surface area contributed by atoms with Crippen LogP contribution >= 0.6 is 11.8 Å². The van der Waals surface area contributed by atoms with Gasteiger partial charge in [0.05, 0.1) is 11.4 Å². The van der Waals surface area contributed by atoms with Crippen molar-refractivity contribution in [2.45, 2.75) is 4.90 Å². The normalized spacial score (nSPS) is 10.4. The first kappa shape index (κ1) is 16.8. The van der Waals surface area contributed by atoms with E-state index < -0.39 is 5.91 Å². The number of thioether (sulfide) groups is 1. The van der Waals surface area contributed by atoms with Crippen LogP contribution in [0.25, 0.3) is 5.69 Å². The van der Waals surface area contributed by atoms with E-state index in [1.165, 1.54) is 11.8 Å². The van der Waals surface area contributed by atoms with Gasteiger partial charge < -0.3 is 11.1 Å². The summed E-state index contributed by atoms with van der Waals surface area (Å²) in [5, 5.41) is 6.94. The molecular weight excluding hydrogens is 336 g/mol. The number of nitrogens with two attached hydrogens (primary N) is 1. The summed E-state index contributed by atoms with van der Waals surface area (Å²) in [5.41, 5.74) is 6.86. The van der Waals surface area contributed by atoms with Crippen LogP contribution in [0.2, 0.25) is 0 Å². The van der Waals surface area contributed by atoms with Crippen molar-refractivity contribution < 1.29 is 9.59 Å². The molecule has 2 aromatic carbocycles. The van der Waals surface area contributed by atoms with Crippen LogP contribution in [0, 0.1) is 0 Å². The van der Waals surface area contributed by atoms with Crippen LogP contribution in [-0.2, 0) is 4.79 Å². The molecule has 0 radical (unpaired) electrons. The zero-order valence-corrected chi connectivity index (χ0v) is 14.1. The summed E-state index contributed by atoms with van der Waals surface area (Å²) < 4.78 is 1.55. The van der Waals surface area contributed by atoms with Gasteiger partial charge in [-0.2, -0.15) is 5.10 Å². The van der Waals surface area contributed by atoms with E-state index in [2.05, 4.69) is 10.4 Å². The Morgan fingerprint density at radius 1 is 1.04 bits per heavy atom. The zero-order valence-electron chi connectivity index (χ0n) is 13.3. The second kappa shape index (κ2) is 7.67. The predicted molar refractivity (Wildman–Crippen MR) is 97.9 cm³/mol. The van der Waals surface area contributed by atoms with Gasteiger partial charge in [-0.25, -0.2) is 4.68 Å². The predicted octanol–water partition coefficient (Wildman–Crippen LogP) is 2.70. The maximum atomic E-state index is 12.0. The van der Waals surface area contributed by atoms with Crippen LogP contribution in [-0.4, -0.2) is 27.3 Å². The van der Waals surface area contributed by atoms with Crippen molar-refractivity contribution in [2.75, 3.05) is 11.1 Å². The van der Waals surface area contributed by atoms with Crippen molar-refractivity contribution >= 4 is 29.3 Å². The van der Waals surface area contributed by atoms with Gasteiger partial charge in [-0.05, 0) is 42.5 Å². The minimum absolute atomic E-state index is 0.0725. The number of benzene rings is 2. The molecule has 0 aliphatic heterocycles. The molecule has 1 heterocycles. The summed E-state index contributed by atoms with van der Waals surface area (Å²) >= 11 is 1.48. The van der Waals surface area contributed by atoms with Crippen LogP contribution < -0.4 is 11.1 Å². The molecule has 0 bridgehead atoms. The van der Waals surface area contributed by atoms with Gasteiger partial charge in [-0.3, -0.25) is 9.59 Å². The Kier molecular flexibility index (Phi) is 5.15. The Morgan fingerprint density at radius 3 is 2.40 bits per heavy atom. The Morgan fingerprint density at radius 2 is 1.76 bits per heavy atom. The second-order valence-corrected chi connectivity index (χ2v) is 6.26. The lowest BCUT2D eigenvalue weighted by Gasteiger charge is -2.07. The molecule has 0 spiro atoms. The Balaban J connectivity index is 1.58. The van der Waals surface area contributed by atoms with Crippen LogP contribution in [0.4, 0.5) is 5.69 Å². The topological polar surface area (TPSA) is 90.0 Å². The third-order valence-corrected chi connectivity index (χ3v) is 4.38. The maximum Gasteiger partial charge on any atom is 0.269 e. The van der Waals surface area contributed by atoms with E-state index in [1.807, 2.05) is 30.3 Å². The molecule has 25 heavy (non-hydrogen) atoms. The minimum Gasteiger partial charge on any atom is -0.364 e. The van der Waals surface area contributed by atoms with Crippen molar-refractivity contribution in [3.05, 3.63) is 72.6 Å². The number of nitrogens with zero attached hydrogens (tertiary/aromatic N) is 2. The molecule has 0 unspecified atom stereocenters. The molecule has 126 valence electrons. The number of nitrogens with one attached hydrogen (secondary N) is 1. The molecule has 0 atom stereocenters. The van der Waals surface area contributed by atoms with Crippen molar-refractivity contribution in [1.29, 1.82) is 0 Å². The Labute approximate surface area is 149 Å². The van der Waals surface area contributed by atoms with E-state index in [0.717, 1.165) is 10.6 Å². The largest absolute Gasteiger partial charge is 0.364 e. The first-order valence-electron chi connectivity index (χ1n) is 7.55. The van der Waals surface area contributed by atoms with Gasteiger partial charge in [-0.15, -0.1) is 11.8 Å². The molecule has 0 aliphatic carbocycles. The van der Waals surface area contributed by atoms with E-state index in [0.29, 0.717) is 11.4 Å². The fourth-order valence-electron chi connectivity index (χ4n) is 2.16. The average molecular weight is 352 g/mol. The highest BCUT2D eigenvalue weighted by Gasteiger charge is 2.07. The number of hydrogen-bond donors (Lipinski definition) is 2. The van der Waals surface area contributed by atoms with Gasteiger partial charge in [0, 0.05) is 16.8 Å². The SMILES string of the molecule is NC(=O)c1ccn(-c2ccc(NC(=O)CSc3ccccc3)cc2)n1. The standard InChI is InChI=1S/C18H16N4O2S/c19-18(24)16-10-11-22(21-16)14-8-6-13(7-9-14)20-17(23)12-25-15-4-2-1-3-5-15/h1-11H,12H2,(H2,19,24)(H,20,23). The van der Waals surface area contributed by atoms with Gasteiger partial charge in [0.1, 0.15) is 5.69 Å². The van der Waals surface area contributed by atoms with Gasteiger partial charge in [-0.1, -0.05) is 18.2 Å². The summed E-state index contributed by atoms with van der Waals surface area (Å²) in [5.74, 6) is -0.303. The van der Waals surface area contributed by atoms with Crippen molar-refractivity contribution in [1.82, 2.24) is 9.78 Å². The quantitative estimate of drug-likeness (QED) is 0.668. The fraction of sp³-hybridized carbons (Fsp3) is 0.0556. The van der Waals surface area contributed by atoms with Crippen LogP contribution in [0.3, 0.4) is 0 Å². The van der Waals surface area contributed by atoms with Gasteiger partial charge >= 0.3 is 0 Å². The lowest BCUT2D eigenvalue weighted by molar-refractivity contribution is -0.113. The van der Waals surface area contributed by atoms with E-state index in [4.69, 9.17) is 5.73 Å². The maximum absolute atomic E-state index is 12.0. The molecule has 3 rings (SSSR count). The number of hydrogen-bond acceptors (Lipinski definition) is 4. The molecule has 0 saturated heterocycles. The molecule has 7 heteroatoms. The molecule has 0 aliphatic rings. The molecular formula is C18H16N4O2S. The number of primary amides is 1. The summed E-state index contributed by atoms with van der Waals surface area (Å²) in [4.78, 5) is 24.2. The molecule has 0 saturated carbocycles. The number of anilines is 1. The van der Waals surface area contributed by atoms with Gasteiger partial charge in [0.2, 0.25) is 5.91 Å².